The molecule has 2 heteroatoms. The molecule has 1 aromatic carbocycles. The van der Waals surface area contributed by atoms with E-state index >= 15 is 0 Å². The molecule has 2 fully saturated rings. The highest BCUT2D eigenvalue weighted by molar-refractivity contribution is 5.17. The lowest BCUT2D eigenvalue weighted by atomic mass is 9.78. The molecule has 1 aliphatic heterocycles. The normalized spacial score (nSPS) is 26.3. The van der Waals surface area contributed by atoms with E-state index in [1.165, 1.54) is 50.6 Å². The van der Waals surface area contributed by atoms with Crippen molar-refractivity contribution in [3.8, 4) is 0 Å². The monoisotopic (exact) mass is 286 g/mol. The van der Waals surface area contributed by atoms with Crippen LogP contribution >= 0.6 is 0 Å². The summed E-state index contributed by atoms with van der Waals surface area (Å²) in [7, 11) is 0. The molecule has 1 aromatic rings. The van der Waals surface area contributed by atoms with Gasteiger partial charge in [0, 0.05) is 30.7 Å². The van der Waals surface area contributed by atoms with Crippen LogP contribution in [0, 0.1) is 0 Å². The molecule has 1 saturated carbocycles. The van der Waals surface area contributed by atoms with Crippen LogP contribution in [0.3, 0.4) is 0 Å². The molecule has 2 nitrogen and oxygen atoms in total. The second-order valence-corrected chi connectivity index (χ2v) is 7.33. The van der Waals surface area contributed by atoms with Crippen LogP contribution in [0.25, 0.3) is 0 Å². The quantitative estimate of drug-likeness (QED) is 0.913. The minimum atomic E-state index is 0.412. The predicted molar refractivity (Wildman–Crippen MR) is 89.6 cm³/mol. The van der Waals surface area contributed by atoms with E-state index in [-0.39, 0.29) is 0 Å². The van der Waals surface area contributed by atoms with Gasteiger partial charge in [-0.15, -0.1) is 0 Å². The Bertz CT molecular complexity index is 434. The second-order valence-electron chi connectivity index (χ2n) is 7.33. The van der Waals surface area contributed by atoms with E-state index in [1.807, 2.05) is 0 Å². The summed E-state index contributed by atoms with van der Waals surface area (Å²) in [5.74, 6) is 0. The van der Waals surface area contributed by atoms with Crippen molar-refractivity contribution in [1.29, 1.82) is 0 Å². The maximum absolute atomic E-state index is 3.95. The lowest BCUT2D eigenvalue weighted by Crippen LogP contribution is -2.66. The van der Waals surface area contributed by atoms with E-state index in [1.54, 1.807) is 0 Å². The van der Waals surface area contributed by atoms with E-state index < -0.39 is 0 Å². The zero-order chi connectivity index (χ0) is 14.7. The van der Waals surface area contributed by atoms with Crippen molar-refractivity contribution in [3.63, 3.8) is 0 Å². The van der Waals surface area contributed by atoms with Gasteiger partial charge in [-0.25, -0.2) is 0 Å². The second kappa shape index (κ2) is 6.50. The van der Waals surface area contributed by atoms with Crippen molar-refractivity contribution in [2.24, 2.45) is 0 Å². The number of nitrogens with one attached hydrogen (secondary N) is 1. The number of nitrogens with zero attached hydrogens (tertiary/aromatic N) is 1. The summed E-state index contributed by atoms with van der Waals surface area (Å²) in [6.45, 7) is 7.11. The van der Waals surface area contributed by atoms with Gasteiger partial charge < -0.3 is 5.32 Å². The molecular weight excluding hydrogens is 256 g/mol. The Morgan fingerprint density at radius 1 is 1.14 bits per heavy atom. The van der Waals surface area contributed by atoms with Gasteiger partial charge in [-0.3, -0.25) is 4.90 Å². The van der Waals surface area contributed by atoms with Crippen LogP contribution in [0.4, 0.5) is 0 Å². The van der Waals surface area contributed by atoms with Crippen molar-refractivity contribution in [2.45, 2.75) is 70.0 Å². The van der Waals surface area contributed by atoms with Gasteiger partial charge in [0.2, 0.25) is 0 Å². The molecule has 3 rings (SSSR count). The lowest BCUT2D eigenvalue weighted by molar-refractivity contribution is 0.0342. The van der Waals surface area contributed by atoms with Crippen LogP contribution in [-0.4, -0.2) is 35.6 Å². The topological polar surface area (TPSA) is 15.3 Å². The summed E-state index contributed by atoms with van der Waals surface area (Å²) in [5.41, 5.74) is 1.88. The zero-order valence-corrected chi connectivity index (χ0v) is 13.6. The molecule has 1 aliphatic carbocycles. The van der Waals surface area contributed by atoms with Gasteiger partial charge in [0.25, 0.3) is 0 Å². The van der Waals surface area contributed by atoms with Gasteiger partial charge in [-0.1, -0.05) is 49.6 Å². The minimum Gasteiger partial charge on any atom is -0.308 e. The van der Waals surface area contributed by atoms with Gasteiger partial charge in [0.1, 0.15) is 0 Å². The first-order valence-electron chi connectivity index (χ1n) is 8.73. The van der Waals surface area contributed by atoms with Crippen LogP contribution in [-0.2, 0) is 6.42 Å². The maximum atomic E-state index is 3.95. The number of benzene rings is 1. The Morgan fingerprint density at radius 3 is 2.52 bits per heavy atom. The molecular formula is C19H30N2. The summed E-state index contributed by atoms with van der Waals surface area (Å²) in [6, 6.07) is 12.2. The van der Waals surface area contributed by atoms with Crippen LogP contribution in [0.2, 0.25) is 0 Å². The molecule has 0 aromatic heterocycles. The molecule has 1 unspecified atom stereocenters. The van der Waals surface area contributed by atoms with Crippen molar-refractivity contribution >= 4 is 0 Å². The summed E-state index contributed by atoms with van der Waals surface area (Å²) in [5, 5.41) is 3.95. The molecule has 0 radical (unpaired) electrons. The minimum absolute atomic E-state index is 0.412. The third-order valence-electron chi connectivity index (χ3n) is 5.46. The van der Waals surface area contributed by atoms with Gasteiger partial charge in [0.15, 0.2) is 0 Å². The van der Waals surface area contributed by atoms with Gasteiger partial charge in [-0.2, -0.15) is 0 Å². The fourth-order valence-electron chi connectivity index (χ4n) is 4.23. The summed E-state index contributed by atoms with van der Waals surface area (Å²) < 4.78 is 0. The highest BCUT2D eigenvalue weighted by Crippen LogP contribution is 2.33. The molecule has 1 N–H and O–H groups in total. The Hall–Kier alpha value is -0.860. The Morgan fingerprint density at radius 2 is 1.86 bits per heavy atom. The number of hydrogen-bond donors (Lipinski definition) is 1. The molecule has 0 amide bonds. The first-order chi connectivity index (χ1) is 10.2. The number of rotatable bonds is 3. The average Bonchev–Trinajstić information content (AvgIpc) is 2.51. The zero-order valence-electron chi connectivity index (χ0n) is 13.6. The highest BCUT2D eigenvalue weighted by Gasteiger charge is 2.40. The van der Waals surface area contributed by atoms with E-state index in [4.69, 9.17) is 0 Å². The SMILES string of the molecule is CC(C)N1CC2(CCCCC2)NCC1Cc1ccccc1. The van der Waals surface area contributed by atoms with Crippen molar-refractivity contribution < 1.29 is 0 Å². The van der Waals surface area contributed by atoms with Crippen molar-refractivity contribution in [2.75, 3.05) is 13.1 Å². The van der Waals surface area contributed by atoms with Crippen molar-refractivity contribution in [1.82, 2.24) is 10.2 Å². The predicted octanol–water partition coefficient (Wildman–Crippen LogP) is 3.61. The van der Waals surface area contributed by atoms with Crippen LogP contribution in [0.1, 0.15) is 51.5 Å². The summed E-state index contributed by atoms with van der Waals surface area (Å²) >= 11 is 0. The summed E-state index contributed by atoms with van der Waals surface area (Å²) in [6.07, 6.45) is 8.15. The third kappa shape index (κ3) is 3.49. The largest absolute Gasteiger partial charge is 0.308 e. The van der Waals surface area contributed by atoms with Gasteiger partial charge >= 0.3 is 0 Å². The van der Waals surface area contributed by atoms with Crippen LogP contribution < -0.4 is 5.32 Å². The summed E-state index contributed by atoms with van der Waals surface area (Å²) in [4.78, 5) is 2.76. The molecule has 1 heterocycles. The first kappa shape index (κ1) is 15.1. The van der Waals surface area contributed by atoms with Gasteiger partial charge in [0.05, 0.1) is 0 Å². The van der Waals surface area contributed by atoms with Gasteiger partial charge in [-0.05, 0) is 38.7 Å². The molecule has 21 heavy (non-hydrogen) atoms. The highest BCUT2D eigenvalue weighted by atomic mass is 15.3. The lowest BCUT2D eigenvalue weighted by Gasteiger charge is -2.51. The number of hydrogen-bond acceptors (Lipinski definition) is 2. The van der Waals surface area contributed by atoms with Crippen molar-refractivity contribution in [3.05, 3.63) is 35.9 Å². The number of piperazine rings is 1. The van der Waals surface area contributed by atoms with E-state index in [0.29, 0.717) is 17.6 Å². The third-order valence-corrected chi connectivity index (χ3v) is 5.46. The average molecular weight is 286 g/mol. The molecule has 1 atom stereocenters. The van der Waals surface area contributed by atoms with E-state index in [9.17, 15) is 0 Å². The smallest absolute Gasteiger partial charge is 0.0309 e. The molecule has 2 aliphatic rings. The first-order valence-corrected chi connectivity index (χ1v) is 8.73. The van der Waals surface area contributed by atoms with E-state index in [2.05, 4.69) is 54.4 Å². The Balaban J connectivity index is 1.70. The molecule has 1 saturated heterocycles. The fraction of sp³-hybridized carbons (Fsp3) is 0.684. The Kier molecular flexibility index (Phi) is 4.66. The van der Waals surface area contributed by atoms with Crippen LogP contribution in [0.15, 0.2) is 30.3 Å². The molecule has 0 bridgehead atoms. The van der Waals surface area contributed by atoms with Crippen LogP contribution in [0.5, 0.6) is 0 Å². The molecule has 1 spiro atoms. The maximum Gasteiger partial charge on any atom is 0.0309 e. The standard InChI is InChI=1S/C19H30N2/c1-16(2)21-15-19(11-7-4-8-12-19)20-14-18(21)13-17-9-5-3-6-10-17/h3,5-6,9-10,16,18,20H,4,7-8,11-15H2,1-2H3. The molecule has 116 valence electrons. The van der Waals surface area contributed by atoms with E-state index in [0.717, 1.165) is 6.54 Å². The fourth-order valence-corrected chi connectivity index (χ4v) is 4.23. The Labute approximate surface area is 129 Å².